The quantitative estimate of drug-likeness (QED) is 0.879. The normalized spacial score (nSPS) is 9.59. The van der Waals surface area contributed by atoms with Gasteiger partial charge in [-0.05, 0) is 36.7 Å². The second-order valence-electron chi connectivity index (χ2n) is 3.84. The number of ketones is 1. The van der Waals surface area contributed by atoms with Crippen molar-refractivity contribution in [1.82, 2.24) is 0 Å². The third kappa shape index (κ3) is 3.68. The Morgan fingerprint density at radius 3 is 2.41 bits per heavy atom. The van der Waals surface area contributed by atoms with E-state index in [1.165, 1.54) is 23.4 Å². The highest BCUT2D eigenvalue weighted by molar-refractivity contribution is 5.86. The van der Waals surface area contributed by atoms with Gasteiger partial charge < -0.3 is 10.5 Å². The first-order chi connectivity index (χ1) is 8.27. The van der Waals surface area contributed by atoms with Crippen LogP contribution in [0.1, 0.15) is 18.9 Å². The van der Waals surface area contributed by atoms with E-state index in [0.29, 0.717) is 6.42 Å². The van der Waals surface area contributed by atoms with Gasteiger partial charge in [-0.3, -0.25) is 0 Å². The van der Waals surface area contributed by atoms with E-state index in [1.807, 2.05) is 12.1 Å². The van der Waals surface area contributed by atoms with Crippen LogP contribution >= 0.6 is 0 Å². The van der Waals surface area contributed by atoms with Crippen LogP contribution in [-0.2, 0) is 11.2 Å². The lowest BCUT2D eigenvalue weighted by molar-refractivity contribution is -0.116. The van der Waals surface area contributed by atoms with Crippen molar-refractivity contribution in [2.24, 2.45) is 5.73 Å². The summed E-state index contributed by atoms with van der Waals surface area (Å²) in [6.07, 6.45) is 1.48. The van der Waals surface area contributed by atoms with E-state index in [9.17, 15) is 4.79 Å². The average Bonchev–Trinajstić information content (AvgIpc) is 2.38. The average molecular weight is 229 g/mol. The maximum Gasteiger partial charge on any atom is 0.130 e. The Kier molecular flexibility index (Phi) is 5.37. The molecule has 17 heavy (non-hydrogen) atoms. The molecule has 2 rings (SSSR count). The minimum Gasteiger partial charge on any atom is -0.333 e. The van der Waals surface area contributed by atoms with Gasteiger partial charge in [-0.2, -0.15) is 0 Å². The number of fused-ring (bicyclic) bond motifs is 1. The van der Waals surface area contributed by atoms with Crippen molar-refractivity contribution in [2.75, 3.05) is 7.05 Å². The van der Waals surface area contributed by atoms with Gasteiger partial charge in [0.1, 0.15) is 5.78 Å². The maximum atomic E-state index is 11.0. The number of benzene rings is 2. The topological polar surface area (TPSA) is 43.1 Å². The van der Waals surface area contributed by atoms with Crippen LogP contribution in [0.2, 0.25) is 0 Å². The Labute approximate surface area is 102 Å². The predicted octanol–water partition coefficient (Wildman–Crippen LogP) is 2.94. The van der Waals surface area contributed by atoms with Crippen molar-refractivity contribution in [1.29, 1.82) is 0 Å². The van der Waals surface area contributed by atoms with E-state index >= 15 is 0 Å². The molecule has 2 N–H and O–H groups in total. The highest BCUT2D eigenvalue weighted by Gasteiger charge is 2.01. The van der Waals surface area contributed by atoms with Crippen molar-refractivity contribution in [3.05, 3.63) is 48.0 Å². The zero-order chi connectivity index (χ0) is 12.7. The predicted molar refractivity (Wildman–Crippen MR) is 73.1 cm³/mol. The van der Waals surface area contributed by atoms with Crippen molar-refractivity contribution in [3.8, 4) is 0 Å². The summed E-state index contributed by atoms with van der Waals surface area (Å²) in [6, 6.07) is 14.6. The van der Waals surface area contributed by atoms with Crippen LogP contribution in [0.4, 0.5) is 0 Å². The SMILES string of the molecule is CC(=O)CCc1cccc2ccccc12.CN. The summed E-state index contributed by atoms with van der Waals surface area (Å²) in [5.41, 5.74) is 5.77. The third-order valence-corrected chi connectivity index (χ3v) is 2.63. The molecule has 2 nitrogen and oxygen atoms in total. The fourth-order valence-corrected chi connectivity index (χ4v) is 1.82. The molecule has 0 heterocycles. The molecule has 0 aliphatic carbocycles. The zero-order valence-electron chi connectivity index (χ0n) is 10.4. The molecular weight excluding hydrogens is 210 g/mol. The van der Waals surface area contributed by atoms with E-state index in [0.717, 1.165) is 6.42 Å². The summed E-state index contributed by atoms with van der Waals surface area (Å²) in [6.45, 7) is 1.64. The van der Waals surface area contributed by atoms with Crippen LogP contribution in [0, 0.1) is 0 Å². The molecule has 2 aromatic rings. The van der Waals surface area contributed by atoms with E-state index in [4.69, 9.17) is 0 Å². The summed E-state index contributed by atoms with van der Waals surface area (Å²) < 4.78 is 0. The number of Topliss-reactive ketones (excluding diaryl/α,β-unsaturated/α-hetero) is 1. The zero-order valence-corrected chi connectivity index (χ0v) is 10.4. The Bertz CT molecular complexity index is 486. The van der Waals surface area contributed by atoms with Crippen LogP contribution in [0.3, 0.4) is 0 Å². The fourth-order valence-electron chi connectivity index (χ4n) is 1.82. The van der Waals surface area contributed by atoms with Gasteiger partial charge >= 0.3 is 0 Å². The molecule has 0 unspecified atom stereocenters. The molecule has 90 valence electrons. The monoisotopic (exact) mass is 229 g/mol. The van der Waals surface area contributed by atoms with Gasteiger partial charge in [-0.15, -0.1) is 0 Å². The van der Waals surface area contributed by atoms with Gasteiger partial charge in [0.2, 0.25) is 0 Å². The van der Waals surface area contributed by atoms with E-state index in [-0.39, 0.29) is 5.78 Å². The largest absolute Gasteiger partial charge is 0.333 e. The van der Waals surface area contributed by atoms with Crippen LogP contribution in [0.5, 0.6) is 0 Å². The smallest absolute Gasteiger partial charge is 0.130 e. The summed E-state index contributed by atoms with van der Waals surface area (Å²) in [4.78, 5) is 11.0. The van der Waals surface area contributed by atoms with Gasteiger partial charge in [0.05, 0.1) is 0 Å². The number of rotatable bonds is 3. The molecule has 0 saturated carbocycles. The highest BCUT2D eigenvalue weighted by Crippen LogP contribution is 2.19. The Morgan fingerprint density at radius 2 is 1.71 bits per heavy atom. The van der Waals surface area contributed by atoms with Gasteiger partial charge in [0, 0.05) is 6.42 Å². The minimum absolute atomic E-state index is 0.253. The molecule has 2 heteroatoms. The van der Waals surface area contributed by atoms with Gasteiger partial charge in [0.25, 0.3) is 0 Å². The molecule has 0 aliphatic rings. The number of hydrogen-bond acceptors (Lipinski definition) is 2. The van der Waals surface area contributed by atoms with Crippen molar-refractivity contribution in [2.45, 2.75) is 19.8 Å². The lowest BCUT2D eigenvalue weighted by Crippen LogP contribution is -1.94. The molecule has 0 aliphatic heterocycles. The molecule has 2 aromatic carbocycles. The number of carbonyl (C=O) groups excluding carboxylic acids is 1. The number of nitrogens with two attached hydrogens (primary N) is 1. The highest BCUT2D eigenvalue weighted by atomic mass is 16.1. The summed E-state index contributed by atoms with van der Waals surface area (Å²) >= 11 is 0. The lowest BCUT2D eigenvalue weighted by Gasteiger charge is -2.04. The number of aryl methyl sites for hydroxylation is 1. The number of hydrogen-bond donors (Lipinski definition) is 1. The summed E-state index contributed by atoms with van der Waals surface area (Å²) in [7, 11) is 1.50. The second kappa shape index (κ2) is 6.81. The first-order valence-corrected chi connectivity index (χ1v) is 5.81. The van der Waals surface area contributed by atoms with E-state index in [1.54, 1.807) is 6.92 Å². The second-order valence-corrected chi connectivity index (χ2v) is 3.84. The van der Waals surface area contributed by atoms with Crippen molar-refractivity contribution < 1.29 is 4.79 Å². The molecule has 0 saturated heterocycles. The third-order valence-electron chi connectivity index (χ3n) is 2.63. The molecule has 0 bridgehead atoms. The van der Waals surface area contributed by atoms with Crippen LogP contribution < -0.4 is 5.73 Å². The summed E-state index contributed by atoms with van der Waals surface area (Å²) in [5, 5.41) is 2.51. The maximum absolute atomic E-state index is 11.0. The molecular formula is C15H19NO. The molecule has 0 radical (unpaired) electrons. The van der Waals surface area contributed by atoms with Crippen LogP contribution in [0.25, 0.3) is 10.8 Å². The summed E-state index contributed by atoms with van der Waals surface area (Å²) in [5.74, 6) is 0.253. The van der Waals surface area contributed by atoms with Gasteiger partial charge in [-0.1, -0.05) is 42.5 Å². The standard InChI is InChI=1S/C14H14O.CH5N/c1-11(15)9-10-13-7-4-6-12-5-2-3-8-14(12)13;1-2/h2-8H,9-10H2,1H3;2H2,1H3. The first-order valence-electron chi connectivity index (χ1n) is 5.81. The molecule has 0 atom stereocenters. The van der Waals surface area contributed by atoms with Crippen LogP contribution in [0.15, 0.2) is 42.5 Å². The van der Waals surface area contributed by atoms with Crippen molar-refractivity contribution in [3.63, 3.8) is 0 Å². The van der Waals surface area contributed by atoms with Crippen molar-refractivity contribution >= 4 is 16.6 Å². The lowest BCUT2D eigenvalue weighted by atomic mass is 10.0. The molecule has 0 amide bonds. The van der Waals surface area contributed by atoms with Gasteiger partial charge in [-0.25, -0.2) is 0 Å². The van der Waals surface area contributed by atoms with Gasteiger partial charge in [0.15, 0.2) is 0 Å². The fraction of sp³-hybridized carbons (Fsp3) is 0.267. The van der Waals surface area contributed by atoms with Crippen LogP contribution in [-0.4, -0.2) is 12.8 Å². The molecule has 0 aromatic heterocycles. The molecule has 0 fully saturated rings. The Hall–Kier alpha value is -1.67. The number of carbonyl (C=O) groups is 1. The van der Waals surface area contributed by atoms with E-state index in [2.05, 4.69) is 36.1 Å². The Balaban J connectivity index is 0.000000686. The van der Waals surface area contributed by atoms with E-state index < -0.39 is 0 Å². The first kappa shape index (κ1) is 13.4. The molecule has 0 spiro atoms. The Morgan fingerprint density at radius 1 is 1.06 bits per heavy atom. The minimum atomic E-state index is 0.253.